The van der Waals surface area contributed by atoms with Crippen LogP contribution in [0, 0.1) is 0 Å². The number of likely N-dealkylation sites (tertiary alicyclic amines) is 1. The van der Waals surface area contributed by atoms with Crippen LogP contribution in [0.25, 0.3) is 0 Å². The SMILES string of the molecule is CC(C)(C)OC(=O)N1CCCC(N2CCNCC2)C1. The molecule has 2 heterocycles. The Labute approximate surface area is 116 Å². The van der Waals surface area contributed by atoms with E-state index in [0.29, 0.717) is 6.04 Å². The number of carbonyl (C=O) groups is 1. The zero-order chi connectivity index (χ0) is 13.9. The van der Waals surface area contributed by atoms with E-state index in [2.05, 4.69) is 10.2 Å². The maximum atomic E-state index is 12.1. The highest BCUT2D eigenvalue weighted by molar-refractivity contribution is 5.68. The highest BCUT2D eigenvalue weighted by Gasteiger charge is 2.30. The number of hydrogen-bond acceptors (Lipinski definition) is 4. The quantitative estimate of drug-likeness (QED) is 0.779. The van der Waals surface area contributed by atoms with Crippen molar-refractivity contribution in [2.45, 2.75) is 45.3 Å². The Kier molecular flexibility index (Phi) is 4.68. The van der Waals surface area contributed by atoms with Crippen LogP contribution in [-0.2, 0) is 4.74 Å². The standard InChI is InChI=1S/C14H27N3O2/c1-14(2,3)19-13(18)17-8-4-5-12(11-17)16-9-6-15-7-10-16/h12,15H,4-11H2,1-3H3. The number of nitrogens with zero attached hydrogens (tertiary/aromatic N) is 2. The molecule has 0 bridgehead atoms. The van der Waals surface area contributed by atoms with Crippen molar-refractivity contribution in [2.75, 3.05) is 39.3 Å². The number of nitrogens with one attached hydrogen (secondary N) is 1. The van der Waals surface area contributed by atoms with Gasteiger partial charge >= 0.3 is 6.09 Å². The van der Waals surface area contributed by atoms with Gasteiger partial charge in [-0.3, -0.25) is 4.90 Å². The summed E-state index contributed by atoms with van der Waals surface area (Å²) in [5.74, 6) is 0. The van der Waals surface area contributed by atoms with Gasteiger partial charge in [-0.2, -0.15) is 0 Å². The molecule has 0 aromatic carbocycles. The van der Waals surface area contributed by atoms with Crippen molar-refractivity contribution < 1.29 is 9.53 Å². The Morgan fingerprint density at radius 1 is 1.21 bits per heavy atom. The fourth-order valence-electron chi connectivity index (χ4n) is 2.79. The molecule has 2 saturated heterocycles. The minimum Gasteiger partial charge on any atom is -0.444 e. The topological polar surface area (TPSA) is 44.8 Å². The molecule has 0 aromatic rings. The molecule has 1 amide bonds. The predicted octanol–water partition coefficient (Wildman–Crippen LogP) is 1.29. The zero-order valence-corrected chi connectivity index (χ0v) is 12.4. The van der Waals surface area contributed by atoms with Gasteiger partial charge in [0.2, 0.25) is 0 Å². The summed E-state index contributed by atoms with van der Waals surface area (Å²) in [6.45, 7) is 11.7. The summed E-state index contributed by atoms with van der Waals surface area (Å²) in [6, 6.07) is 0.503. The smallest absolute Gasteiger partial charge is 0.410 e. The summed E-state index contributed by atoms with van der Waals surface area (Å²) in [4.78, 5) is 16.5. The molecule has 0 aliphatic carbocycles. The van der Waals surface area contributed by atoms with Gasteiger partial charge in [0.15, 0.2) is 0 Å². The van der Waals surface area contributed by atoms with E-state index in [-0.39, 0.29) is 6.09 Å². The summed E-state index contributed by atoms with van der Waals surface area (Å²) in [7, 11) is 0. The second-order valence-corrected chi connectivity index (χ2v) is 6.51. The molecule has 19 heavy (non-hydrogen) atoms. The summed E-state index contributed by atoms with van der Waals surface area (Å²) in [6.07, 6.45) is 2.11. The molecular weight excluding hydrogens is 242 g/mol. The number of rotatable bonds is 1. The fraction of sp³-hybridized carbons (Fsp3) is 0.929. The summed E-state index contributed by atoms with van der Waals surface area (Å²) >= 11 is 0. The maximum Gasteiger partial charge on any atom is 0.410 e. The summed E-state index contributed by atoms with van der Waals surface area (Å²) < 4.78 is 5.47. The molecule has 1 atom stereocenters. The van der Waals surface area contributed by atoms with E-state index in [1.807, 2.05) is 25.7 Å². The van der Waals surface area contributed by atoms with Gasteiger partial charge in [0, 0.05) is 45.3 Å². The third-order valence-corrected chi connectivity index (χ3v) is 3.72. The molecule has 2 aliphatic heterocycles. The van der Waals surface area contributed by atoms with Crippen molar-refractivity contribution in [3.8, 4) is 0 Å². The monoisotopic (exact) mass is 269 g/mol. The average Bonchev–Trinajstić information content (AvgIpc) is 2.38. The Morgan fingerprint density at radius 2 is 1.89 bits per heavy atom. The lowest BCUT2D eigenvalue weighted by Gasteiger charge is -2.41. The van der Waals surface area contributed by atoms with Crippen molar-refractivity contribution in [2.24, 2.45) is 0 Å². The highest BCUT2D eigenvalue weighted by Crippen LogP contribution is 2.19. The van der Waals surface area contributed by atoms with E-state index in [1.54, 1.807) is 0 Å². The van der Waals surface area contributed by atoms with Crippen molar-refractivity contribution in [1.82, 2.24) is 15.1 Å². The van der Waals surface area contributed by atoms with Gasteiger partial charge < -0.3 is 15.0 Å². The molecule has 0 saturated carbocycles. The van der Waals surface area contributed by atoms with Crippen LogP contribution in [0.4, 0.5) is 4.79 Å². The Bertz CT molecular complexity index is 308. The Hall–Kier alpha value is -0.810. The number of ether oxygens (including phenoxy) is 1. The van der Waals surface area contributed by atoms with Crippen LogP contribution in [0.15, 0.2) is 0 Å². The molecule has 5 nitrogen and oxygen atoms in total. The minimum atomic E-state index is -0.404. The normalized spacial score (nSPS) is 26.3. The zero-order valence-electron chi connectivity index (χ0n) is 12.4. The van der Waals surface area contributed by atoms with Gasteiger partial charge in [0.05, 0.1) is 0 Å². The van der Waals surface area contributed by atoms with E-state index in [1.165, 1.54) is 6.42 Å². The first-order valence-corrected chi connectivity index (χ1v) is 7.38. The summed E-state index contributed by atoms with van der Waals surface area (Å²) in [5, 5.41) is 3.37. The lowest BCUT2D eigenvalue weighted by molar-refractivity contribution is 0.00956. The van der Waals surface area contributed by atoms with Crippen LogP contribution < -0.4 is 5.32 Å². The molecule has 110 valence electrons. The largest absolute Gasteiger partial charge is 0.444 e. The van der Waals surface area contributed by atoms with E-state index in [0.717, 1.165) is 45.7 Å². The first-order chi connectivity index (χ1) is 8.96. The maximum absolute atomic E-state index is 12.1. The molecule has 2 rings (SSSR count). The molecule has 5 heteroatoms. The van der Waals surface area contributed by atoms with E-state index < -0.39 is 5.60 Å². The average molecular weight is 269 g/mol. The Morgan fingerprint density at radius 3 is 2.53 bits per heavy atom. The molecule has 2 aliphatic rings. The van der Waals surface area contributed by atoms with Crippen molar-refractivity contribution >= 4 is 6.09 Å². The molecular formula is C14H27N3O2. The molecule has 0 spiro atoms. The summed E-state index contributed by atoms with van der Waals surface area (Å²) in [5.41, 5.74) is -0.404. The van der Waals surface area contributed by atoms with Crippen LogP contribution >= 0.6 is 0 Å². The number of piperazine rings is 1. The van der Waals surface area contributed by atoms with E-state index in [4.69, 9.17) is 4.74 Å². The first kappa shape index (κ1) is 14.6. The van der Waals surface area contributed by atoms with Crippen LogP contribution in [0.3, 0.4) is 0 Å². The molecule has 1 unspecified atom stereocenters. The fourth-order valence-corrected chi connectivity index (χ4v) is 2.79. The number of hydrogen-bond donors (Lipinski definition) is 1. The van der Waals surface area contributed by atoms with Gasteiger partial charge in [-0.25, -0.2) is 4.79 Å². The van der Waals surface area contributed by atoms with Gasteiger partial charge in [-0.05, 0) is 33.6 Å². The van der Waals surface area contributed by atoms with Gasteiger partial charge in [-0.1, -0.05) is 0 Å². The lowest BCUT2D eigenvalue weighted by atomic mass is 10.0. The number of amides is 1. The second kappa shape index (κ2) is 6.09. The third kappa shape index (κ3) is 4.35. The van der Waals surface area contributed by atoms with Crippen molar-refractivity contribution in [3.63, 3.8) is 0 Å². The van der Waals surface area contributed by atoms with Gasteiger partial charge in [-0.15, -0.1) is 0 Å². The van der Waals surface area contributed by atoms with E-state index >= 15 is 0 Å². The predicted molar refractivity (Wildman–Crippen MR) is 75.3 cm³/mol. The van der Waals surface area contributed by atoms with Crippen LogP contribution in [-0.4, -0.2) is 66.8 Å². The molecule has 0 aromatic heterocycles. The van der Waals surface area contributed by atoms with Crippen LogP contribution in [0.1, 0.15) is 33.6 Å². The third-order valence-electron chi connectivity index (χ3n) is 3.72. The van der Waals surface area contributed by atoms with Crippen LogP contribution in [0.2, 0.25) is 0 Å². The van der Waals surface area contributed by atoms with E-state index in [9.17, 15) is 4.79 Å². The highest BCUT2D eigenvalue weighted by atomic mass is 16.6. The van der Waals surface area contributed by atoms with Crippen LogP contribution in [0.5, 0.6) is 0 Å². The first-order valence-electron chi connectivity index (χ1n) is 7.38. The lowest BCUT2D eigenvalue weighted by Crippen LogP contribution is -2.55. The second-order valence-electron chi connectivity index (χ2n) is 6.51. The molecule has 0 radical (unpaired) electrons. The van der Waals surface area contributed by atoms with Crippen molar-refractivity contribution in [1.29, 1.82) is 0 Å². The minimum absolute atomic E-state index is 0.160. The van der Waals surface area contributed by atoms with Gasteiger partial charge in [0.25, 0.3) is 0 Å². The number of carbonyl (C=O) groups excluding carboxylic acids is 1. The number of piperidine rings is 1. The molecule has 2 fully saturated rings. The van der Waals surface area contributed by atoms with Crippen molar-refractivity contribution in [3.05, 3.63) is 0 Å². The molecule has 1 N–H and O–H groups in total. The van der Waals surface area contributed by atoms with Gasteiger partial charge in [0.1, 0.15) is 5.60 Å². The Balaban J connectivity index is 1.87.